The zero-order chi connectivity index (χ0) is 9.84. The van der Waals surface area contributed by atoms with Crippen LogP contribution in [0.5, 0.6) is 0 Å². The molecule has 1 N–H and O–H groups in total. The number of ether oxygens (including phenoxy) is 1. The van der Waals surface area contributed by atoms with Crippen LogP contribution in [0.3, 0.4) is 0 Å². The zero-order valence-electron chi connectivity index (χ0n) is 7.52. The van der Waals surface area contributed by atoms with E-state index in [1.54, 1.807) is 6.08 Å². The average Bonchev–Trinajstić information content (AvgIpc) is 1.78. The SMILES string of the molecule is C=C(C=C(C)C1CNC1)OC(F)F. The summed E-state index contributed by atoms with van der Waals surface area (Å²) >= 11 is 0. The third kappa shape index (κ3) is 3.14. The quantitative estimate of drug-likeness (QED) is 0.538. The van der Waals surface area contributed by atoms with Gasteiger partial charge in [0.15, 0.2) is 0 Å². The van der Waals surface area contributed by atoms with Gasteiger partial charge in [0.1, 0.15) is 5.76 Å². The highest BCUT2D eigenvalue weighted by atomic mass is 19.3. The van der Waals surface area contributed by atoms with Crippen LogP contribution in [0.1, 0.15) is 6.92 Å². The van der Waals surface area contributed by atoms with Crippen molar-refractivity contribution in [2.24, 2.45) is 5.92 Å². The van der Waals surface area contributed by atoms with Crippen LogP contribution in [0, 0.1) is 5.92 Å². The first-order chi connectivity index (χ1) is 6.09. The van der Waals surface area contributed by atoms with Crippen LogP contribution in [0.25, 0.3) is 0 Å². The summed E-state index contributed by atoms with van der Waals surface area (Å²) in [5.74, 6) is 0.470. The number of hydrogen-bond donors (Lipinski definition) is 1. The Hall–Kier alpha value is -0.900. The predicted molar refractivity (Wildman–Crippen MR) is 46.3 cm³/mol. The summed E-state index contributed by atoms with van der Waals surface area (Å²) in [7, 11) is 0. The zero-order valence-corrected chi connectivity index (χ0v) is 7.52. The van der Waals surface area contributed by atoms with E-state index < -0.39 is 6.61 Å². The average molecular weight is 189 g/mol. The second-order valence-electron chi connectivity index (χ2n) is 3.09. The number of hydrogen-bond acceptors (Lipinski definition) is 2. The highest BCUT2D eigenvalue weighted by Crippen LogP contribution is 2.17. The van der Waals surface area contributed by atoms with Crippen molar-refractivity contribution < 1.29 is 13.5 Å². The summed E-state index contributed by atoms with van der Waals surface area (Å²) in [6.45, 7) is 4.30. The lowest BCUT2D eigenvalue weighted by atomic mass is 9.94. The first-order valence-corrected chi connectivity index (χ1v) is 4.12. The van der Waals surface area contributed by atoms with Gasteiger partial charge >= 0.3 is 6.61 Å². The van der Waals surface area contributed by atoms with Gasteiger partial charge in [-0.3, -0.25) is 0 Å². The summed E-state index contributed by atoms with van der Waals surface area (Å²) in [6, 6.07) is 0. The summed E-state index contributed by atoms with van der Waals surface area (Å²) < 4.78 is 27.5. The van der Waals surface area contributed by atoms with Crippen molar-refractivity contribution in [1.29, 1.82) is 0 Å². The normalized spacial score (nSPS) is 18.6. The minimum absolute atomic E-state index is 0.0272. The van der Waals surface area contributed by atoms with Gasteiger partial charge in [-0.15, -0.1) is 0 Å². The Bertz CT molecular complexity index is 222. The minimum atomic E-state index is -2.78. The largest absolute Gasteiger partial charge is 0.435 e. The van der Waals surface area contributed by atoms with E-state index in [0.717, 1.165) is 18.7 Å². The van der Waals surface area contributed by atoms with Gasteiger partial charge in [0, 0.05) is 19.0 Å². The van der Waals surface area contributed by atoms with Gasteiger partial charge in [-0.2, -0.15) is 8.78 Å². The number of alkyl halides is 2. The molecule has 1 aliphatic heterocycles. The number of halogens is 2. The lowest BCUT2D eigenvalue weighted by molar-refractivity contribution is -0.0916. The first-order valence-electron chi connectivity index (χ1n) is 4.12. The number of nitrogens with one attached hydrogen (secondary N) is 1. The monoisotopic (exact) mass is 189 g/mol. The molecule has 1 aliphatic rings. The minimum Gasteiger partial charge on any atom is -0.435 e. The van der Waals surface area contributed by atoms with Gasteiger partial charge in [0.2, 0.25) is 0 Å². The lowest BCUT2D eigenvalue weighted by Crippen LogP contribution is -2.42. The standard InChI is InChI=1S/C9H13F2NO/c1-6(8-4-12-5-8)3-7(2)13-9(10)11/h3,8-9,12H,2,4-5H2,1H3. The van der Waals surface area contributed by atoms with Crippen molar-refractivity contribution in [3.63, 3.8) is 0 Å². The Morgan fingerprint density at radius 2 is 2.23 bits per heavy atom. The molecule has 13 heavy (non-hydrogen) atoms. The van der Waals surface area contributed by atoms with Gasteiger partial charge in [0.05, 0.1) is 0 Å². The summed E-state index contributed by atoms with van der Waals surface area (Å²) in [5, 5.41) is 3.10. The van der Waals surface area contributed by atoms with Gasteiger partial charge < -0.3 is 10.1 Å². The summed E-state index contributed by atoms with van der Waals surface area (Å²) in [5.41, 5.74) is 1.03. The fourth-order valence-corrected chi connectivity index (χ4v) is 1.13. The van der Waals surface area contributed by atoms with Gasteiger partial charge in [-0.05, 0) is 13.0 Å². The fraction of sp³-hybridized carbons (Fsp3) is 0.556. The highest BCUT2D eigenvalue weighted by molar-refractivity contribution is 5.18. The Balaban J connectivity index is 2.39. The molecule has 0 aromatic rings. The Morgan fingerprint density at radius 1 is 1.62 bits per heavy atom. The maximum atomic E-state index is 11.7. The van der Waals surface area contributed by atoms with Crippen LogP contribution in [-0.2, 0) is 4.74 Å². The molecule has 1 heterocycles. The molecule has 4 heteroatoms. The molecule has 1 fully saturated rings. The van der Waals surface area contributed by atoms with Crippen LogP contribution in [0.4, 0.5) is 8.78 Å². The highest BCUT2D eigenvalue weighted by Gasteiger charge is 2.18. The topological polar surface area (TPSA) is 21.3 Å². The molecule has 0 radical (unpaired) electrons. The molecule has 0 aliphatic carbocycles. The molecule has 1 saturated heterocycles. The molecular formula is C9H13F2NO. The summed E-state index contributed by atoms with van der Waals surface area (Å²) in [4.78, 5) is 0. The van der Waals surface area contributed by atoms with Crippen molar-refractivity contribution in [3.05, 3.63) is 24.0 Å². The van der Waals surface area contributed by atoms with E-state index in [2.05, 4.69) is 16.6 Å². The van der Waals surface area contributed by atoms with E-state index in [4.69, 9.17) is 0 Å². The molecular weight excluding hydrogens is 176 g/mol. The molecule has 0 bridgehead atoms. The van der Waals surface area contributed by atoms with Crippen LogP contribution < -0.4 is 5.32 Å². The van der Waals surface area contributed by atoms with Gasteiger partial charge in [0.25, 0.3) is 0 Å². The predicted octanol–water partition coefficient (Wildman–Crippen LogP) is 1.90. The maximum absolute atomic E-state index is 11.7. The van der Waals surface area contributed by atoms with E-state index in [9.17, 15) is 8.78 Å². The Labute approximate surface area is 76.3 Å². The van der Waals surface area contributed by atoms with E-state index in [-0.39, 0.29) is 5.76 Å². The van der Waals surface area contributed by atoms with Crippen LogP contribution >= 0.6 is 0 Å². The van der Waals surface area contributed by atoms with Crippen LogP contribution in [0.2, 0.25) is 0 Å². The number of rotatable bonds is 4. The molecule has 0 saturated carbocycles. The van der Waals surface area contributed by atoms with Gasteiger partial charge in [-0.25, -0.2) is 0 Å². The maximum Gasteiger partial charge on any atom is 0.387 e. The summed E-state index contributed by atoms with van der Waals surface area (Å²) in [6.07, 6.45) is 1.57. The molecule has 0 atom stereocenters. The molecule has 2 nitrogen and oxygen atoms in total. The molecule has 0 aromatic heterocycles. The third-order valence-corrected chi connectivity index (χ3v) is 2.05. The molecule has 0 amide bonds. The van der Waals surface area contributed by atoms with Crippen LogP contribution in [-0.4, -0.2) is 19.7 Å². The van der Waals surface area contributed by atoms with Crippen LogP contribution in [0.15, 0.2) is 24.0 Å². The molecule has 0 unspecified atom stereocenters. The lowest BCUT2D eigenvalue weighted by Gasteiger charge is -2.28. The van der Waals surface area contributed by atoms with Crippen molar-refractivity contribution in [3.8, 4) is 0 Å². The van der Waals surface area contributed by atoms with E-state index in [0.29, 0.717) is 5.92 Å². The molecule has 1 rings (SSSR count). The van der Waals surface area contributed by atoms with Crippen molar-refractivity contribution in [1.82, 2.24) is 5.32 Å². The molecule has 0 aromatic carbocycles. The fourth-order valence-electron chi connectivity index (χ4n) is 1.13. The van der Waals surface area contributed by atoms with Crippen molar-refractivity contribution in [2.75, 3.05) is 13.1 Å². The smallest absolute Gasteiger partial charge is 0.387 e. The van der Waals surface area contributed by atoms with E-state index in [1.807, 2.05) is 6.92 Å². The van der Waals surface area contributed by atoms with Gasteiger partial charge in [-0.1, -0.05) is 12.2 Å². The molecule has 74 valence electrons. The van der Waals surface area contributed by atoms with E-state index >= 15 is 0 Å². The Kier molecular flexibility index (Phi) is 3.42. The number of allylic oxidation sites excluding steroid dienone is 1. The third-order valence-electron chi connectivity index (χ3n) is 2.05. The second kappa shape index (κ2) is 4.37. The first kappa shape index (κ1) is 10.2. The van der Waals surface area contributed by atoms with Crippen molar-refractivity contribution in [2.45, 2.75) is 13.5 Å². The van der Waals surface area contributed by atoms with Crippen molar-refractivity contribution >= 4 is 0 Å². The second-order valence-corrected chi connectivity index (χ2v) is 3.09. The van der Waals surface area contributed by atoms with E-state index in [1.165, 1.54) is 0 Å². The Morgan fingerprint density at radius 3 is 2.62 bits per heavy atom. The molecule has 0 spiro atoms.